The van der Waals surface area contributed by atoms with Gasteiger partial charge in [-0.3, -0.25) is 4.79 Å². The average Bonchev–Trinajstić information content (AvgIpc) is 3.34. The number of aliphatic hydroxyl groups excluding tert-OH is 1. The van der Waals surface area contributed by atoms with E-state index in [9.17, 15) is 23.1 Å². The fourth-order valence-corrected chi connectivity index (χ4v) is 5.20. The lowest BCUT2D eigenvalue weighted by Gasteiger charge is -2.25. The van der Waals surface area contributed by atoms with E-state index in [0.717, 1.165) is 17.4 Å². The summed E-state index contributed by atoms with van der Waals surface area (Å²) in [5.41, 5.74) is 0.516. The first-order chi connectivity index (χ1) is 16.6. The zero-order valence-corrected chi connectivity index (χ0v) is 20.4. The van der Waals surface area contributed by atoms with Crippen LogP contribution in [0.3, 0.4) is 0 Å². The monoisotopic (exact) mass is 504 g/mol. The highest BCUT2D eigenvalue weighted by Gasteiger charge is 2.42. The first kappa shape index (κ1) is 25.3. The fraction of sp³-hybridized carbons (Fsp3) is 0.370. The normalized spacial score (nSPS) is 18.1. The molecule has 1 aliphatic carbocycles. The first-order valence-corrected chi connectivity index (χ1v) is 12.0. The molecule has 8 heteroatoms. The molecule has 0 saturated heterocycles. The number of hydrogen-bond donors (Lipinski definition) is 1. The lowest BCUT2D eigenvalue weighted by atomic mass is 9.99. The molecule has 1 amide bonds. The van der Waals surface area contributed by atoms with Crippen molar-refractivity contribution in [2.45, 2.75) is 45.0 Å². The maximum atomic E-state index is 14.4. The third-order valence-electron chi connectivity index (χ3n) is 6.77. The third kappa shape index (κ3) is 5.26. The molecule has 35 heavy (non-hydrogen) atoms. The predicted octanol–water partition coefficient (Wildman–Crippen LogP) is 6.42. The van der Waals surface area contributed by atoms with Crippen LogP contribution in [0.4, 0.5) is 13.2 Å². The molecule has 1 heterocycles. The van der Waals surface area contributed by atoms with Crippen LogP contribution in [0.2, 0.25) is 5.02 Å². The molecule has 0 radical (unpaired) electrons. The Morgan fingerprint density at radius 2 is 1.77 bits per heavy atom. The molecule has 1 aromatic heterocycles. The van der Waals surface area contributed by atoms with Gasteiger partial charge >= 0.3 is 6.18 Å². The van der Waals surface area contributed by atoms with Gasteiger partial charge in [-0.1, -0.05) is 60.5 Å². The van der Waals surface area contributed by atoms with E-state index in [-0.39, 0.29) is 35.8 Å². The van der Waals surface area contributed by atoms with Crippen LogP contribution in [0.5, 0.6) is 0 Å². The smallest absolute Gasteiger partial charge is 0.393 e. The van der Waals surface area contributed by atoms with Gasteiger partial charge in [-0.2, -0.15) is 13.2 Å². The van der Waals surface area contributed by atoms with Gasteiger partial charge in [0, 0.05) is 36.6 Å². The molecular formula is C27H28ClF3N2O2. The number of carbonyl (C=O) groups is 1. The van der Waals surface area contributed by atoms with Crippen LogP contribution in [0, 0.1) is 12.8 Å². The van der Waals surface area contributed by atoms with Crippen LogP contribution in [0.25, 0.3) is 11.1 Å². The van der Waals surface area contributed by atoms with Gasteiger partial charge < -0.3 is 14.6 Å². The summed E-state index contributed by atoms with van der Waals surface area (Å²) < 4.78 is 44.4. The molecule has 1 saturated carbocycles. The minimum atomic E-state index is -4.67. The second-order valence-corrected chi connectivity index (χ2v) is 9.65. The van der Waals surface area contributed by atoms with Gasteiger partial charge in [-0.15, -0.1) is 0 Å². The summed E-state index contributed by atoms with van der Waals surface area (Å²) in [6.45, 7) is 1.58. The molecule has 186 valence electrons. The van der Waals surface area contributed by atoms with Crippen molar-refractivity contribution in [1.82, 2.24) is 9.47 Å². The van der Waals surface area contributed by atoms with Gasteiger partial charge in [0.1, 0.15) is 11.4 Å². The highest BCUT2D eigenvalue weighted by atomic mass is 35.5. The topological polar surface area (TPSA) is 45.5 Å². The molecule has 0 bridgehead atoms. The van der Waals surface area contributed by atoms with Crippen molar-refractivity contribution in [2.75, 3.05) is 13.6 Å². The van der Waals surface area contributed by atoms with Crippen LogP contribution < -0.4 is 0 Å². The molecule has 1 N–H and O–H groups in total. The lowest BCUT2D eigenvalue weighted by Crippen LogP contribution is -2.36. The first-order valence-electron chi connectivity index (χ1n) is 11.6. The summed E-state index contributed by atoms with van der Waals surface area (Å²) in [6, 6.07) is 15.3. The molecule has 3 aromatic rings. The minimum Gasteiger partial charge on any atom is -0.393 e. The third-order valence-corrected chi connectivity index (χ3v) is 7.02. The predicted molar refractivity (Wildman–Crippen MR) is 130 cm³/mol. The van der Waals surface area contributed by atoms with Crippen molar-refractivity contribution in [1.29, 1.82) is 0 Å². The van der Waals surface area contributed by atoms with E-state index in [1.54, 1.807) is 61.6 Å². The van der Waals surface area contributed by atoms with E-state index in [1.165, 1.54) is 11.8 Å². The number of alkyl halides is 3. The number of rotatable bonds is 6. The standard InChI is InChI=1S/C27H28ClF3N2O2/c1-17-23(19-11-13-21(28)14-12-19)24(26(35)32(2)16-20-9-6-10-22(20)34)33(25(17)27(29,30)31)15-18-7-4-3-5-8-18/h3-5,7-8,11-14,20,22,34H,6,9-10,15-16H2,1-2H3/t20-,22+/m0/s1. The highest BCUT2D eigenvalue weighted by Crippen LogP contribution is 2.42. The summed E-state index contributed by atoms with van der Waals surface area (Å²) in [6.07, 6.45) is -2.86. The summed E-state index contributed by atoms with van der Waals surface area (Å²) in [7, 11) is 1.58. The molecule has 0 aliphatic heterocycles. The Morgan fingerprint density at radius 1 is 1.11 bits per heavy atom. The van der Waals surface area contributed by atoms with Crippen molar-refractivity contribution in [3.05, 3.63) is 82.1 Å². The molecule has 0 spiro atoms. The van der Waals surface area contributed by atoms with Gasteiger partial charge in [0.05, 0.1) is 6.10 Å². The number of hydrogen-bond acceptors (Lipinski definition) is 2. The number of amides is 1. The zero-order chi connectivity index (χ0) is 25.3. The molecule has 4 nitrogen and oxygen atoms in total. The van der Waals surface area contributed by atoms with Crippen molar-refractivity contribution in [3.63, 3.8) is 0 Å². The molecule has 2 atom stereocenters. The maximum absolute atomic E-state index is 14.4. The summed E-state index contributed by atoms with van der Waals surface area (Å²) in [4.78, 5) is 15.3. The number of halogens is 4. The van der Waals surface area contributed by atoms with Gasteiger partial charge in [0.25, 0.3) is 5.91 Å². The maximum Gasteiger partial charge on any atom is 0.431 e. The molecular weight excluding hydrogens is 477 g/mol. The Balaban J connectivity index is 1.89. The Bertz CT molecular complexity index is 1190. The lowest BCUT2D eigenvalue weighted by molar-refractivity contribution is -0.143. The second kappa shape index (κ2) is 10.1. The fourth-order valence-electron chi connectivity index (χ4n) is 5.07. The second-order valence-electron chi connectivity index (χ2n) is 9.22. The van der Waals surface area contributed by atoms with Gasteiger partial charge in [-0.05, 0) is 48.6 Å². The quantitative estimate of drug-likeness (QED) is 0.421. The largest absolute Gasteiger partial charge is 0.431 e. The molecule has 4 rings (SSSR count). The van der Waals surface area contributed by atoms with Gasteiger partial charge in [0.2, 0.25) is 0 Å². The van der Waals surface area contributed by atoms with E-state index in [4.69, 9.17) is 11.6 Å². The van der Waals surface area contributed by atoms with Crippen molar-refractivity contribution in [3.8, 4) is 11.1 Å². The number of aromatic nitrogens is 1. The van der Waals surface area contributed by atoms with E-state index >= 15 is 0 Å². The summed E-state index contributed by atoms with van der Waals surface area (Å²) in [5.74, 6) is -0.604. The number of nitrogens with zero attached hydrogens (tertiary/aromatic N) is 2. The van der Waals surface area contributed by atoms with E-state index in [2.05, 4.69) is 0 Å². The van der Waals surface area contributed by atoms with E-state index in [1.807, 2.05) is 0 Å². The molecule has 2 aromatic carbocycles. The number of aliphatic hydroxyl groups is 1. The van der Waals surface area contributed by atoms with Crippen molar-refractivity contribution >= 4 is 17.5 Å². The van der Waals surface area contributed by atoms with E-state index < -0.39 is 23.9 Å². The van der Waals surface area contributed by atoms with E-state index in [0.29, 0.717) is 22.6 Å². The Morgan fingerprint density at radius 3 is 2.34 bits per heavy atom. The Hall–Kier alpha value is -2.77. The Kier molecular flexibility index (Phi) is 7.29. The van der Waals surface area contributed by atoms with Crippen molar-refractivity contribution in [2.24, 2.45) is 5.92 Å². The van der Waals surface area contributed by atoms with Crippen LogP contribution in [-0.4, -0.2) is 40.2 Å². The van der Waals surface area contributed by atoms with Gasteiger partial charge in [-0.25, -0.2) is 0 Å². The Labute approximate surface area is 207 Å². The van der Waals surface area contributed by atoms with Crippen molar-refractivity contribution < 1.29 is 23.1 Å². The summed E-state index contributed by atoms with van der Waals surface area (Å²) in [5, 5.41) is 10.7. The molecule has 1 fully saturated rings. The highest BCUT2D eigenvalue weighted by molar-refractivity contribution is 6.30. The van der Waals surface area contributed by atoms with Crippen LogP contribution in [-0.2, 0) is 12.7 Å². The van der Waals surface area contributed by atoms with Crippen LogP contribution in [0.15, 0.2) is 54.6 Å². The summed E-state index contributed by atoms with van der Waals surface area (Å²) >= 11 is 6.03. The SMILES string of the molecule is Cc1c(-c2ccc(Cl)cc2)c(C(=O)N(C)C[C@@H]2CCC[C@H]2O)n(Cc2ccccc2)c1C(F)(F)F. The van der Waals surface area contributed by atoms with Crippen LogP contribution in [0.1, 0.15) is 46.6 Å². The minimum absolute atomic E-state index is 0.00611. The molecule has 0 unspecified atom stereocenters. The number of benzene rings is 2. The number of carbonyl (C=O) groups excluding carboxylic acids is 1. The average molecular weight is 505 g/mol. The zero-order valence-electron chi connectivity index (χ0n) is 19.6. The van der Waals surface area contributed by atoms with Crippen LogP contribution >= 0.6 is 11.6 Å². The van der Waals surface area contributed by atoms with Gasteiger partial charge in [0.15, 0.2) is 0 Å². The molecule has 1 aliphatic rings.